The van der Waals surface area contributed by atoms with Crippen molar-refractivity contribution in [2.24, 2.45) is 5.73 Å². The molecule has 4 nitrogen and oxygen atoms in total. The highest BCUT2D eigenvalue weighted by molar-refractivity contribution is 5.85. The first-order chi connectivity index (χ1) is 11.5. The summed E-state index contributed by atoms with van der Waals surface area (Å²) in [5, 5.41) is 2.81. The topological polar surface area (TPSA) is 64.3 Å². The van der Waals surface area contributed by atoms with Gasteiger partial charge in [0.05, 0.1) is 0 Å². The lowest BCUT2D eigenvalue weighted by Crippen LogP contribution is -2.35. The summed E-state index contributed by atoms with van der Waals surface area (Å²) in [5.41, 5.74) is 9.58. The number of hydrogen-bond donors (Lipinski definition) is 2. The minimum Gasteiger partial charge on any atom is -0.484 e. The summed E-state index contributed by atoms with van der Waals surface area (Å²) in [7, 11) is 0. The van der Waals surface area contributed by atoms with Crippen molar-refractivity contribution >= 4 is 18.3 Å². The largest absolute Gasteiger partial charge is 0.484 e. The van der Waals surface area contributed by atoms with Gasteiger partial charge in [-0.05, 0) is 36.1 Å². The van der Waals surface area contributed by atoms with E-state index >= 15 is 0 Å². The van der Waals surface area contributed by atoms with Gasteiger partial charge in [-0.2, -0.15) is 0 Å². The zero-order valence-corrected chi connectivity index (χ0v) is 15.8. The monoisotopic (exact) mass is 362 g/mol. The van der Waals surface area contributed by atoms with E-state index in [1.165, 1.54) is 5.56 Å². The summed E-state index contributed by atoms with van der Waals surface area (Å²) >= 11 is 0. The van der Waals surface area contributed by atoms with Gasteiger partial charge in [-0.15, -0.1) is 12.4 Å². The van der Waals surface area contributed by atoms with Crippen molar-refractivity contribution in [1.82, 2.24) is 5.32 Å². The predicted molar refractivity (Wildman–Crippen MR) is 104 cm³/mol. The number of carbonyl (C=O) groups excluding carboxylic acids is 1. The molecule has 0 aromatic heterocycles. The molecule has 3 N–H and O–H groups in total. The summed E-state index contributed by atoms with van der Waals surface area (Å²) in [5.74, 6) is 1.00. The summed E-state index contributed by atoms with van der Waals surface area (Å²) in [4.78, 5) is 11.9. The minimum absolute atomic E-state index is 0. The van der Waals surface area contributed by atoms with Gasteiger partial charge >= 0.3 is 0 Å². The SMILES string of the molecule is Cc1ccc(OCC(=O)NCC(N)c2ccc(C(C)C)cc2)cc1.Cl. The molecule has 2 rings (SSSR count). The Morgan fingerprint density at radius 1 is 1.04 bits per heavy atom. The predicted octanol–water partition coefficient (Wildman–Crippen LogP) is 3.74. The molecule has 0 bridgehead atoms. The molecule has 0 radical (unpaired) electrons. The third-order valence-corrected chi connectivity index (χ3v) is 3.94. The summed E-state index contributed by atoms with van der Waals surface area (Å²) in [6.45, 7) is 6.69. The van der Waals surface area contributed by atoms with E-state index in [9.17, 15) is 4.79 Å². The van der Waals surface area contributed by atoms with E-state index in [1.54, 1.807) is 0 Å². The fourth-order valence-electron chi connectivity index (χ4n) is 2.30. The zero-order valence-electron chi connectivity index (χ0n) is 15.0. The maximum Gasteiger partial charge on any atom is 0.258 e. The Kier molecular flexibility index (Phi) is 8.46. The maximum absolute atomic E-state index is 11.9. The molecule has 1 unspecified atom stereocenters. The van der Waals surface area contributed by atoms with Crippen molar-refractivity contribution in [3.05, 3.63) is 65.2 Å². The van der Waals surface area contributed by atoms with E-state index in [-0.39, 0.29) is 31.0 Å². The number of ether oxygens (including phenoxy) is 1. The highest BCUT2D eigenvalue weighted by Crippen LogP contribution is 2.17. The Morgan fingerprint density at radius 3 is 2.16 bits per heavy atom. The van der Waals surface area contributed by atoms with Gasteiger partial charge in [0.1, 0.15) is 5.75 Å². The Balaban J connectivity index is 0.00000312. The first-order valence-corrected chi connectivity index (χ1v) is 8.27. The standard InChI is InChI=1S/C20H26N2O2.ClH/c1-14(2)16-6-8-17(9-7-16)19(21)12-22-20(23)13-24-18-10-4-15(3)5-11-18;/h4-11,14,19H,12-13,21H2,1-3H3,(H,22,23);1H. The molecule has 25 heavy (non-hydrogen) atoms. The smallest absolute Gasteiger partial charge is 0.258 e. The summed E-state index contributed by atoms with van der Waals surface area (Å²) < 4.78 is 5.45. The Morgan fingerprint density at radius 2 is 1.60 bits per heavy atom. The van der Waals surface area contributed by atoms with Gasteiger partial charge in [-0.1, -0.05) is 55.8 Å². The number of benzene rings is 2. The molecule has 0 saturated heterocycles. The fraction of sp³-hybridized carbons (Fsp3) is 0.350. The van der Waals surface area contributed by atoms with Crippen LogP contribution in [-0.2, 0) is 4.79 Å². The van der Waals surface area contributed by atoms with Crippen LogP contribution in [-0.4, -0.2) is 19.1 Å². The molecule has 0 aliphatic rings. The van der Waals surface area contributed by atoms with Crippen molar-refractivity contribution in [2.75, 3.05) is 13.2 Å². The van der Waals surface area contributed by atoms with Crippen LogP contribution < -0.4 is 15.8 Å². The molecule has 136 valence electrons. The molecule has 0 heterocycles. The lowest BCUT2D eigenvalue weighted by Gasteiger charge is -2.15. The van der Waals surface area contributed by atoms with E-state index < -0.39 is 0 Å². The second-order valence-electron chi connectivity index (χ2n) is 6.33. The van der Waals surface area contributed by atoms with Crippen molar-refractivity contribution in [3.63, 3.8) is 0 Å². The van der Waals surface area contributed by atoms with Crippen molar-refractivity contribution in [3.8, 4) is 5.75 Å². The number of amides is 1. The van der Waals surface area contributed by atoms with Crippen LogP contribution in [0.1, 0.15) is 42.5 Å². The van der Waals surface area contributed by atoms with E-state index in [1.807, 2.05) is 43.3 Å². The second-order valence-corrected chi connectivity index (χ2v) is 6.33. The summed E-state index contributed by atoms with van der Waals surface area (Å²) in [6.07, 6.45) is 0. The van der Waals surface area contributed by atoms with Crippen molar-refractivity contribution < 1.29 is 9.53 Å². The van der Waals surface area contributed by atoms with Crippen LogP contribution in [0.25, 0.3) is 0 Å². The first kappa shape index (κ1) is 21.0. The molecule has 2 aromatic carbocycles. The zero-order chi connectivity index (χ0) is 17.5. The minimum atomic E-state index is -0.227. The van der Waals surface area contributed by atoms with E-state index in [2.05, 4.69) is 31.3 Å². The van der Waals surface area contributed by atoms with E-state index in [0.29, 0.717) is 18.2 Å². The number of aryl methyl sites for hydroxylation is 1. The number of hydrogen-bond acceptors (Lipinski definition) is 3. The molecular formula is C20H27ClN2O2. The molecule has 0 fully saturated rings. The Hall–Kier alpha value is -2.04. The van der Waals surface area contributed by atoms with Gasteiger partial charge in [0.15, 0.2) is 6.61 Å². The van der Waals surface area contributed by atoms with Gasteiger partial charge in [-0.3, -0.25) is 4.79 Å². The van der Waals surface area contributed by atoms with Crippen molar-refractivity contribution in [1.29, 1.82) is 0 Å². The number of rotatable bonds is 7. The van der Waals surface area contributed by atoms with Gasteiger partial charge in [0.25, 0.3) is 5.91 Å². The van der Waals surface area contributed by atoms with Gasteiger partial charge in [-0.25, -0.2) is 0 Å². The maximum atomic E-state index is 11.9. The third kappa shape index (κ3) is 6.77. The molecular weight excluding hydrogens is 336 g/mol. The average Bonchev–Trinajstić information content (AvgIpc) is 2.59. The molecule has 2 aromatic rings. The van der Waals surface area contributed by atoms with E-state index in [4.69, 9.17) is 10.5 Å². The highest BCUT2D eigenvalue weighted by atomic mass is 35.5. The highest BCUT2D eigenvalue weighted by Gasteiger charge is 2.09. The molecule has 5 heteroatoms. The molecule has 1 atom stereocenters. The quantitative estimate of drug-likeness (QED) is 0.788. The van der Waals surface area contributed by atoms with Crippen LogP contribution in [0.15, 0.2) is 48.5 Å². The normalized spacial score (nSPS) is 11.6. The van der Waals surface area contributed by atoms with Gasteiger partial charge in [0, 0.05) is 12.6 Å². The lowest BCUT2D eigenvalue weighted by molar-refractivity contribution is -0.123. The summed E-state index contributed by atoms with van der Waals surface area (Å²) in [6, 6.07) is 15.6. The molecule has 0 aliphatic heterocycles. The first-order valence-electron chi connectivity index (χ1n) is 8.27. The molecule has 0 spiro atoms. The number of carbonyl (C=O) groups is 1. The van der Waals surface area contributed by atoms with Crippen LogP contribution in [0.2, 0.25) is 0 Å². The van der Waals surface area contributed by atoms with Gasteiger partial charge < -0.3 is 15.8 Å². The van der Waals surface area contributed by atoms with Crippen molar-refractivity contribution in [2.45, 2.75) is 32.7 Å². The van der Waals surface area contributed by atoms with Gasteiger partial charge in [0.2, 0.25) is 0 Å². The Labute approximate surface area is 156 Å². The fourth-order valence-corrected chi connectivity index (χ4v) is 2.30. The number of nitrogens with one attached hydrogen (secondary N) is 1. The second kappa shape index (κ2) is 10.1. The van der Waals surface area contributed by atoms with Crippen LogP contribution >= 0.6 is 12.4 Å². The molecule has 0 saturated carbocycles. The molecule has 0 aliphatic carbocycles. The van der Waals surface area contributed by atoms with Crippen LogP contribution in [0.5, 0.6) is 5.75 Å². The lowest BCUT2D eigenvalue weighted by atomic mass is 9.99. The molecule has 1 amide bonds. The van der Waals surface area contributed by atoms with Crippen LogP contribution in [0.3, 0.4) is 0 Å². The van der Waals surface area contributed by atoms with Crippen LogP contribution in [0.4, 0.5) is 0 Å². The third-order valence-electron chi connectivity index (χ3n) is 3.94. The van der Waals surface area contributed by atoms with E-state index in [0.717, 1.165) is 11.1 Å². The number of nitrogens with two attached hydrogens (primary N) is 1. The number of halogens is 1. The Bertz CT molecular complexity index is 654. The average molecular weight is 363 g/mol. The van der Waals surface area contributed by atoms with Crippen LogP contribution in [0, 0.1) is 6.92 Å².